The topological polar surface area (TPSA) is 27.0 Å². The van der Waals surface area contributed by atoms with E-state index in [-0.39, 0.29) is 5.56 Å². The normalized spacial score (nSPS) is 14.9. The summed E-state index contributed by atoms with van der Waals surface area (Å²) in [6.45, 7) is 2.91. The predicted molar refractivity (Wildman–Crippen MR) is 71.4 cm³/mol. The molecule has 2 rings (SSSR count). The minimum absolute atomic E-state index is 0.294. The van der Waals surface area contributed by atoms with Gasteiger partial charge in [-0.25, -0.2) is 0 Å². The highest BCUT2D eigenvalue weighted by atomic mass is 19.4. The summed E-state index contributed by atoms with van der Waals surface area (Å²) in [5.74, 6) is 0. The van der Waals surface area contributed by atoms with Crippen LogP contribution in [0.15, 0.2) is 18.2 Å². The van der Waals surface area contributed by atoms with E-state index in [0.717, 1.165) is 44.0 Å². The van der Waals surface area contributed by atoms with E-state index in [1.165, 1.54) is 12.1 Å². The molecule has 1 fully saturated rings. The molecule has 0 aromatic heterocycles. The predicted octanol–water partition coefficient (Wildman–Crippen LogP) is 4.35. The highest BCUT2D eigenvalue weighted by Crippen LogP contribution is 2.36. The molecule has 0 saturated heterocycles. The molecule has 5 heteroatoms. The van der Waals surface area contributed by atoms with E-state index in [4.69, 9.17) is 5.26 Å². The second-order valence-electron chi connectivity index (χ2n) is 5.12. The van der Waals surface area contributed by atoms with Crippen LogP contribution in [0.3, 0.4) is 0 Å². The minimum Gasteiger partial charge on any atom is -0.369 e. The molecular weight excluding hydrogens is 265 g/mol. The Balaban J connectivity index is 2.30. The molecule has 1 aliphatic rings. The van der Waals surface area contributed by atoms with E-state index in [9.17, 15) is 13.2 Å². The average molecular weight is 282 g/mol. The third-order valence-corrected chi connectivity index (χ3v) is 3.50. The quantitative estimate of drug-likeness (QED) is 0.803. The van der Waals surface area contributed by atoms with Crippen LogP contribution in [0.4, 0.5) is 18.9 Å². The summed E-state index contributed by atoms with van der Waals surface area (Å²) >= 11 is 0. The molecule has 0 N–H and O–H groups in total. The molecule has 2 nitrogen and oxygen atoms in total. The van der Waals surface area contributed by atoms with Crippen LogP contribution in [0.5, 0.6) is 0 Å². The zero-order valence-corrected chi connectivity index (χ0v) is 11.4. The Morgan fingerprint density at radius 2 is 2.05 bits per heavy atom. The van der Waals surface area contributed by atoms with Crippen LogP contribution in [0.1, 0.15) is 43.7 Å². The molecule has 0 amide bonds. The molecule has 1 aromatic rings. The van der Waals surface area contributed by atoms with Crippen molar-refractivity contribution in [3.63, 3.8) is 0 Å². The summed E-state index contributed by atoms with van der Waals surface area (Å²) < 4.78 is 38.3. The van der Waals surface area contributed by atoms with Crippen molar-refractivity contribution in [3.8, 4) is 6.07 Å². The SMILES string of the molecule is CCCCN(c1ccc(C(F)(F)F)c(C#N)c1)C1CC1. The Kier molecular flexibility index (Phi) is 4.22. The lowest BCUT2D eigenvalue weighted by Crippen LogP contribution is -2.27. The van der Waals surface area contributed by atoms with Gasteiger partial charge in [0.25, 0.3) is 0 Å². The molecule has 108 valence electrons. The molecule has 0 bridgehead atoms. The largest absolute Gasteiger partial charge is 0.417 e. The van der Waals surface area contributed by atoms with Crippen molar-refractivity contribution in [1.82, 2.24) is 0 Å². The first-order valence-electron chi connectivity index (χ1n) is 6.85. The molecular formula is C15H17F3N2. The van der Waals surface area contributed by atoms with Crippen molar-refractivity contribution in [2.45, 2.75) is 44.8 Å². The summed E-state index contributed by atoms with van der Waals surface area (Å²) in [6, 6.07) is 5.97. The number of rotatable bonds is 5. The zero-order chi connectivity index (χ0) is 14.8. The van der Waals surface area contributed by atoms with Crippen LogP contribution >= 0.6 is 0 Å². The van der Waals surface area contributed by atoms with E-state index in [0.29, 0.717) is 6.04 Å². The lowest BCUT2D eigenvalue weighted by Gasteiger charge is -2.25. The summed E-state index contributed by atoms with van der Waals surface area (Å²) in [5, 5.41) is 8.95. The van der Waals surface area contributed by atoms with Crippen molar-refractivity contribution >= 4 is 5.69 Å². The van der Waals surface area contributed by atoms with Crippen LogP contribution in [-0.4, -0.2) is 12.6 Å². The fraction of sp³-hybridized carbons (Fsp3) is 0.533. The molecule has 0 aliphatic heterocycles. The summed E-state index contributed by atoms with van der Waals surface area (Å²) in [5.41, 5.74) is -0.419. The van der Waals surface area contributed by atoms with Gasteiger partial charge in [-0.3, -0.25) is 0 Å². The van der Waals surface area contributed by atoms with Gasteiger partial charge in [0.1, 0.15) is 0 Å². The third kappa shape index (κ3) is 3.24. The van der Waals surface area contributed by atoms with E-state index < -0.39 is 11.7 Å². The highest BCUT2D eigenvalue weighted by molar-refractivity contribution is 5.56. The monoisotopic (exact) mass is 282 g/mol. The molecule has 0 spiro atoms. The molecule has 0 unspecified atom stereocenters. The van der Waals surface area contributed by atoms with Gasteiger partial charge in [-0.05, 0) is 37.5 Å². The summed E-state index contributed by atoms with van der Waals surface area (Å²) in [4.78, 5) is 2.13. The van der Waals surface area contributed by atoms with Gasteiger partial charge in [0.2, 0.25) is 0 Å². The van der Waals surface area contributed by atoms with Gasteiger partial charge >= 0.3 is 6.18 Å². The van der Waals surface area contributed by atoms with Crippen LogP contribution in [-0.2, 0) is 6.18 Å². The van der Waals surface area contributed by atoms with Gasteiger partial charge in [0.15, 0.2) is 0 Å². The molecule has 1 saturated carbocycles. The van der Waals surface area contributed by atoms with Crippen molar-refractivity contribution in [3.05, 3.63) is 29.3 Å². The van der Waals surface area contributed by atoms with Gasteiger partial charge in [-0.1, -0.05) is 13.3 Å². The number of hydrogen-bond acceptors (Lipinski definition) is 2. The summed E-state index contributed by atoms with van der Waals surface area (Å²) in [6.07, 6.45) is -0.287. The third-order valence-electron chi connectivity index (χ3n) is 3.50. The Morgan fingerprint density at radius 3 is 2.55 bits per heavy atom. The van der Waals surface area contributed by atoms with Gasteiger partial charge < -0.3 is 4.90 Å². The van der Waals surface area contributed by atoms with Gasteiger partial charge in [0, 0.05) is 18.3 Å². The van der Waals surface area contributed by atoms with Crippen molar-refractivity contribution in [2.75, 3.05) is 11.4 Å². The van der Waals surface area contributed by atoms with Crippen LogP contribution in [0, 0.1) is 11.3 Å². The number of anilines is 1. The molecule has 1 aliphatic carbocycles. The van der Waals surface area contributed by atoms with E-state index >= 15 is 0 Å². The maximum Gasteiger partial charge on any atom is 0.417 e. The van der Waals surface area contributed by atoms with E-state index in [1.807, 2.05) is 0 Å². The average Bonchev–Trinajstić information content (AvgIpc) is 3.22. The van der Waals surface area contributed by atoms with Gasteiger partial charge in [0.05, 0.1) is 17.2 Å². The first kappa shape index (κ1) is 14.7. The number of alkyl halides is 3. The number of nitrogens with zero attached hydrogens (tertiary/aromatic N) is 2. The molecule has 0 radical (unpaired) electrons. The Bertz CT molecular complexity index is 513. The number of benzene rings is 1. The Hall–Kier alpha value is -1.70. The molecule has 20 heavy (non-hydrogen) atoms. The van der Waals surface area contributed by atoms with E-state index in [2.05, 4.69) is 11.8 Å². The highest BCUT2D eigenvalue weighted by Gasteiger charge is 2.35. The Morgan fingerprint density at radius 1 is 1.35 bits per heavy atom. The fourth-order valence-corrected chi connectivity index (χ4v) is 2.29. The number of nitriles is 1. The van der Waals surface area contributed by atoms with Crippen LogP contribution < -0.4 is 4.90 Å². The number of halogens is 3. The van der Waals surface area contributed by atoms with Crippen molar-refractivity contribution in [1.29, 1.82) is 5.26 Å². The molecule has 1 aromatic carbocycles. The van der Waals surface area contributed by atoms with Gasteiger partial charge in [-0.15, -0.1) is 0 Å². The molecule has 0 atom stereocenters. The first-order valence-corrected chi connectivity index (χ1v) is 6.85. The molecule has 0 heterocycles. The zero-order valence-electron chi connectivity index (χ0n) is 11.4. The smallest absolute Gasteiger partial charge is 0.369 e. The first-order chi connectivity index (χ1) is 9.47. The van der Waals surface area contributed by atoms with Crippen molar-refractivity contribution < 1.29 is 13.2 Å². The van der Waals surface area contributed by atoms with E-state index in [1.54, 1.807) is 6.07 Å². The van der Waals surface area contributed by atoms with Gasteiger partial charge in [-0.2, -0.15) is 18.4 Å². The van der Waals surface area contributed by atoms with Crippen molar-refractivity contribution in [2.24, 2.45) is 0 Å². The Labute approximate surface area is 116 Å². The second-order valence-corrected chi connectivity index (χ2v) is 5.12. The lowest BCUT2D eigenvalue weighted by molar-refractivity contribution is -0.137. The second kappa shape index (κ2) is 5.74. The summed E-state index contributed by atoms with van der Waals surface area (Å²) in [7, 11) is 0. The fourth-order valence-electron chi connectivity index (χ4n) is 2.29. The standard InChI is InChI=1S/C15H17F3N2/c1-2-3-8-20(12-4-5-12)13-6-7-14(15(16,17)18)11(9-13)10-19/h6-7,9,12H,2-5,8H2,1H3. The van der Waals surface area contributed by atoms with Crippen LogP contribution in [0.2, 0.25) is 0 Å². The minimum atomic E-state index is -4.47. The number of unbranched alkanes of at least 4 members (excludes halogenated alkanes) is 1. The maximum absolute atomic E-state index is 12.8. The number of hydrogen-bond donors (Lipinski definition) is 0. The van der Waals surface area contributed by atoms with Crippen LogP contribution in [0.25, 0.3) is 0 Å². The maximum atomic E-state index is 12.8. The lowest BCUT2D eigenvalue weighted by atomic mass is 10.1.